The lowest BCUT2D eigenvalue weighted by Gasteiger charge is -2.22. The molecule has 9 heteroatoms. The van der Waals surface area contributed by atoms with Crippen LogP contribution >= 0.6 is 39.3 Å². The lowest BCUT2D eigenvalue weighted by Crippen LogP contribution is -2.34. The molecule has 1 amide bonds. The van der Waals surface area contributed by atoms with E-state index in [1.165, 1.54) is 16.8 Å². The van der Waals surface area contributed by atoms with Crippen molar-refractivity contribution in [2.24, 2.45) is 15.8 Å². The first kappa shape index (κ1) is 24.4. The number of ether oxygens (including phenoxy) is 1. The van der Waals surface area contributed by atoms with E-state index in [0.717, 1.165) is 26.4 Å². The molecule has 0 fully saturated rings. The molecule has 1 unspecified atom stereocenters. The van der Waals surface area contributed by atoms with Gasteiger partial charge in [0.2, 0.25) is 5.96 Å². The average molecular weight is 580 g/mol. The van der Waals surface area contributed by atoms with Crippen LogP contribution in [-0.2, 0) is 0 Å². The van der Waals surface area contributed by atoms with E-state index in [-0.39, 0.29) is 5.96 Å². The molecule has 6 nitrogen and oxygen atoms in total. The first-order valence-electron chi connectivity index (χ1n) is 11.0. The Balaban J connectivity index is 1.58. The number of carbonyl (C=O) groups excluding carboxylic acids is 1. The number of hydrogen-bond donors (Lipinski definition) is 1. The minimum Gasteiger partial charge on any atom is -0.496 e. The van der Waals surface area contributed by atoms with Crippen molar-refractivity contribution >= 4 is 67.0 Å². The molecular weight excluding hydrogens is 560 g/mol. The monoisotopic (exact) mass is 578 g/mol. The fourth-order valence-electron chi connectivity index (χ4n) is 3.96. The SMILES string of the molecule is COc1ccc(Br)cc1C1=NN(C(N)=NC(=O)c2cccc3ccccc23)C(c2ccccc2Cl)S1. The van der Waals surface area contributed by atoms with E-state index in [9.17, 15) is 4.79 Å². The van der Waals surface area contributed by atoms with Crippen molar-refractivity contribution in [2.75, 3.05) is 7.11 Å². The number of amides is 1. The molecule has 1 heterocycles. The lowest BCUT2D eigenvalue weighted by atomic mass is 10.0. The topological polar surface area (TPSA) is 80.3 Å². The van der Waals surface area contributed by atoms with E-state index < -0.39 is 11.3 Å². The van der Waals surface area contributed by atoms with E-state index in [0.29, 0.717) is 21.4 Å². The van der Waals surface area contributed by atoms with Crippen molar-refractivity contribution in [2.45, 2.75) is 5.37 Å². The molecule has 0 spiro atoms. The Morgan fingerprint density at radius 3 is 2.64 bits per heavy atom. The van der Waals surface area contributed by atoms with Gasteiger partial charge in [0.1, 0.15) is 16.2 Å². The van der Waals surface area contributed by atoms with Gasteiger partial charge in [-0.15, -0.1) is 0 Å². The van der Waals surface area contributed by atoms with Crippen LogP contribution in [-0.4, -0.2) is 29.0 Å². The molecule has 36 heavy (non-hydrogen) atoms. The molecule has 0 aliphatic carbocycles. The summed E-state index contributed by atoms with van der Waals surface area (Å²) in [6.07, 6.45) is 0. The summed E-state index contributed by atoms with van der Waals surface area (Å²) >= 11 is 11.5. The Morgan fingerprint density at radius 1 is 1.08 bits per heavy atom. The highest BCUT2D eigenvalue weighted by molar-refractivity contribution is 9.10. The van der Waals surface area contributed by atoms with Crippen LogP contribution in [0.2, 0.25) is 5.02 Å². The zero-order valence-corrected chi connectivity index (χ0v) is 22.2. The van der Waals surface area contributed by atoms with Gasteiger partial charge in [0.15, 0.2) is 0 Å². The number of carbonyl (C=O) groups is 1. The highest BCUT2D eigenvalue weighted by atomic mass is 79.9. The van der Waals surface area contributed by atoms with Gasteiger partial charge in [-0.3, -0.25) is 4.79 Å². The molecule has 0 aromatic heterocycles. The van der Waals surface area contributed by atoms with Crippen molar-refractivity contribution in [3.63, 3.8) is 0 Å². The molecule has 180 valence electrons. The number of rotatable bonds is 4. The number of benzene rings is 4. The lowest BCUT2D eigenvalue weighted by molar-refractivity contribution is 0.100. The normalized spacial score (nSPS) is 15.8. The van der Waals surface area contributed by atoms with Crippen LogP contribution in [0.3, 0.4) is 0 Å². The summed E-state index contributed by atoms with van der Waals surface area (Å²) in [5.74, 6) is 0.178. The second kappa shape index (κ2) is 10.3. The third-order valence-electron chi connectivity index (χ3n) is 5.68. The number of guanidine groups is 1. The quantitative estimate of drug-likeness (QED) is 0.212. The first-order valence-corrected chi connectivity index (χ1v) is 13.0. The molecular formula is C27H20BrClN4O2S. The van der Waals surface area contributed by atoms with Gasteiger partial charge in [0, 0.05) is 20.6 Å². The number of thioether (sulfide) groups is 1. The maximum absolute atomic E-state index is 13.2. The zero-order valence-electron chi connectivity index (χ0n) is 19.1. The Morgan fingerprint density at radius 2 is 1.83 bits per heavy atom. The molecule has 5 rings (SSSR count). The van der Waals surface area contributed by atoms with Crippen LogP contribution < -0.4 is 10.5 Å². The summed E-state index contributed by atoms with van der Waals surface area (Å²) < 4.78 is 6.44. The van der Waals surface area contributed by atoms with E-state index in [1.54, 1.807) is 13.2 Å². The van der Waals surface area contributed by atoms with Gasteiger partial charge in [-0.2, -0.15) is 10.1 Å². The second-order valence-corrected chi connectivity index (χ2v) is 10.3. The number of hydrazone groups is 1. The summed E-state index contributed by atoms with van der Waals surface area (Å²) in [7, 11) is 1.61. The predicted octanol–water partition coefficient (Wildman–Crippen LogP) is 6.83. The number of methoxy groups -OCH3 is 1. The Labute approximate surface area is 225 Å². The van der Waals surface area contributed by atoms with Crippen LogP contribution in [0.4, 0.5) is 0 Å². The number of hydrogen-bond acceptors (Lipinski definition) is 4. The maximum atomic E-state index is 13.2. The van der Waals surface area contributed by atoms with Crippen molar-refractivity contribution in [3.05, 3.63) is 111 Å². The van der Waals surface area contributed by atoms with Crippen LogP contribution in [0.1, 0.15) is 26.9 Å². The largest absolute Gasteiger partial charge is 0.496 e. The number of halogens is 2. The van der Waals surface area contributed by atoms with Gasteiger partial charge < -0.3 is 10.5 Å². The van der Waals surface area contributed by atoms with Crippen LogP contribution in [0, 0.1) is 0 Å². The average Bonchev–Trinajstić information content (AvgIpc) is 3.34. The van der Waals surface area contributed by atoms with Gasteiger partial charge in [-0.05, 0) is 41.1 Å². The van der Waals surface area contributed by atoms with Crippen molar-refractivity contribution in [1.29, 1.82) is 0 Å². The van der Waals surface area contributed by atoms with Crippen LogP contribution in [0.25, 0.3) is 10.8 Å². The number of aliphatic imine (C=N–C) groups is 1. The molecule has 1 atom stereocenters. The highest BCUT2D eigenvalue weighted by Gasteiger charge is 2.35. The third-order valence-corrected chi connectivity index (χ3v) is 7.72. The summed E-state index contributed by atoms with van der Waals surface area (Å²) in [6, 6.07) is 26.3. The van der Waals surface area contributed by atoms with Crippen LogP contribution in [0.5, 0.6) is 5.75 Å². The predicted molar refractivity (Wildman–Crippen MR) is 151 cm³/mol. The molecule has 2 N–H and O–H groups in total. The number of nitrogens with two attached hydrogens (primary N) is 1. The minimum atomic E-state index is -0.448. The molecule has 0 radical (unpaired) electrons. The van der Waals surface area contributed by atoms with Gasteiger partial charge in [0.25, 0.3) is 5.91 Å². The molecule has 1 aliphatic heterocycles. The summed E-state index contributed by atoms with van der Waals surface area (Å²) in [4.78, 5) is 17.5. The molecule has 4 aromatic rings. The minimum absolute atomic E-state index is 0.0330. The smallest absolute Gasteiger partial charge is 0.280 e. The fourth-order valence-corrected chi connectivity index (χ4v) is 5.85. The van der Waals surface area contributed by atoms with E-state index >= 15 is 0 Å². The molecule has 0 bridgehead atoms. The fraction of sp³-hybridized carbons (Fsp3) is 0.0741. The zero-order chi connectivity index (χ0) is 25.2. The molecule has 1 aliphatic rings. The molecule has 0 saturated carbocycles. The number of nitrogens with zero attached hydrogens (tertiary/aromatic N) is 3. The molecule has 0 saturated heterocycles. The van der Waals surface area contributed by atoms with E-state index in [1.807, 2.05) is 78.9 Å². The Hall–Kier alpha value is -3.33. The van der Waals surface area contributed by atoms with Gasteiger partial charge in [0.05, 0.1) is 12.7 Å². The van der Waals surface area contributed by atoms with Gasteiger partial charge >= 0.3 is 0 Å². The summed E-state index contributed by atoms with van der Waals surface area (Å²) in [5, 5.41) is 8.84. The number of fused-ring (bicyclic) bond motifs is 1. The Bertz CT molecular complexity index is 1540. The van der Waals surface area contributed by atoms with Crippen molar-refractivity contribution < 1.29 is 9.53 Å². The Kier molecular flexibility index (Phi) is 7.00. The molecule has 4 aromatic carbocycles. The third kappa shape index (κ3) is 4.72. The second-order valence-electron chi connectivity index (χ2n) is 7.89. The van der Waals surface area contributed by atoms with Crippen LogP contribution in [0.15, 0.2) is 99.5 Å². The van der Waals surface area contributed by atoms with Crippen molar-refractivity contribution in [3.8, 4) is 5.75 Å². The standard InChI is InChI=1S/C27H20BrClN4O2S/c1-35-23-14-13-17(28)15-21(23)25-32-33(26(36-25)20-10-4-5-12-22(20)29)27(30)31-24(34)19-11-6-8-16-7-2-3-9-18(16)19/h2-15,26H,1H3,(H2,30,31,34). The highest BCUT2D eigenvalue weighted by Crippen LogP contribution is 2.45. The maximum Gasteiger partial charge on any atom is 0.280 e. The summed E-state index contributed by atoms with van der Waals surface area (Å²) in [6.45, 7) is 0. The van der Waals surface area contributed by atoms with Crippen molar-refractivity contribution in [1.82, 2.24) is 5.01 Å². The van der Waals surface area contributed by atoms with E-state index in [2.05, 4.69) is 20.9 Å². The van der Waals surface area contributed by atoms with Gasteiger partial charge in [-0.25, -0.2) is 5.01 Å². The first-order chi connectivity index (χ1) is 17.5. The summed E-state index contributed by atoms with van der Waals surface area (Å²) in [5.41, 5.74) is 8.48. The van der Waals surface area contributed by atoms with E-state index in [4.69, 9.17) is 27.2 Å². The van der Waals surface area contributed by atoms with Gasteiger partial charge in [-0.1, -0.05) is 93.9 Å².